The molecule has 0 fully saturated rings. The van der Waals surface area contributed by atoms with E-state index in [-0.39, 0.29) is 30.4 Å². The number of carbonyl (C=O) groups is 2. The number of aliphatic carboxylic acids is 1. The Morgan fingerprint density at radius 1 is 1.09 bits per heavy atom. The zero-order valence-corrected chi connectivity index (χ0v) is 25.9. The van der Waals surface area contributed by atoms with Crippen LogP contribution >= 0.6 is 0 Å². The molecule has 4 rings (SSSR count). The second-order valence-electron chi connectivity index (χ2n) is 11.2. The number of amides is 1. The molecule has 5 N–H and O–H groups in total. The van der Waals surface area contributed by atoms with Crippen LogP contribution in [0.2, 0.25) is 0 Å². The molecule has 1 heterocycles. The summed E-state index contributed by atoms with van der Waals surface area (Å²) >= 11 is 0. The summed E-state index contributed by atoms with van der Waals surface area (Å²) in [6, 6.07) is 12.8. The van der Waals surface area contributed by atoms with E-state index in [0.29, 0.717) is 74.6 Å². The van der Waals surface area contributed by atoms with Crippen LogP contribution < -0.4 is 25.3 Å². The molecule has 0 aliphatic carbocycles. The summed E-state index contributed by atoms with van der Waals surface area (Å²) in [6.07, 6.45) is 3.43. The zero-order chi connectivity index (χ0) is 32.3. The molecule has 2 atom stereocenters. The molecule has 1 amide bonds. The molecule has 3 aromatic rings. The lowest BCUT2D eigenvalue weighted by Gasteiger charge is -2.29. The highest BCUT2D eigenvalue weighted by Gasteiger charge is 2.30. The van der Waals surface area contributed by atoms with Crippen molar-refractivity contribution in [2.24, 2.45) is 5.73 Å². The number of ether oxygens (including phenoxy) is 3. The van der Waals surface area contributed by atoms with Gasteiger partial charge in [0.15, 0.2) is 6.10 Å². The largest absolute Gasteiger partial charge is 0.507 e. The van der Waals surface area contributed by atoms with Crippen LogP contribution in [0.3, 0.4) is 0 Å². The van der Waals surface area contributed by atoms with Crippen molar-refractivity contribution in [1.82, 2.24) is 5.32 Å². The number of aromatic hydroxyl groups is 1. The average Bonchev–Trinajstić information content (AvgIpc) is 3.02. The van der Waals surface area contributed by atoms with Gasteiger partial charge in [0.05, 0.1) is 19.6 Å². The molecule has 0 bridgehead atoms. The van der Waals surface area contributed by atoms with Gasteiger partial charge in [-0.2, -0.15) is 0 Å². The minimum absolute atomic E-state index is 0.0621. The Bertz CT molecular complexity index is 1460. The Morgan fingerprint density at radius 3 is 2.49 bits per heavy atom. The number of carboxylic acids is 1. The van der Waals surface area contributed by atoms with Gasteiger partial charge in [-0.25, -0.2) is 4.39 Å². The quantitative estimate of drug-likeness (QED) is 0.152. The first-order valence-corrected chi connectivity index (χ1v) is 15.6. The first-order valence-electron chi connectivity index (χ1n) is 15.6. The van der Waals surface area contributed by atoms with E-state index in [9.17, 15) is 24.2 Å². The number of fused-ring (bicyclic) bond motifs is 1. The predicted molar refractivity (Wildman–Crippen MR) is 170 cm³/mol. The lowest BCUT2D eigenvalue weighted by atomic mass is 9.96. The molecular formula is C35H43FN2O7. The van der Waals surface area contributed by atoms with Gasteiger partial charge in [-0.3, -0.25) is 9.59 Å². The highest BCUT2D eigenvalue weighted by Crippen LogP contribution is 2.39. The number of phenolic OH excluding ortho intramolecular Hbond substituents is 1. The second-order valence-corrected chi connectivity index (χ2v) is 11.2. The fourth-order valence-corrected chi connectivity index (χ4v) is 5.54. The van der Waals surface area contributed by atoms with Crippen LogP contribution in [0.1, 0.15) is 62.6 Å². The molecule has 0 saturated heterocycles. The number of nitrogens with one attached hydrogen (secondary N) is 1. The molecule has 45 heavy (non-hydrogen) atoms. The van der Waals surface area contributed by atoms with E-state index in [1.54, 1.807) is 18.2 Å². The molecule has 3 aromatic carbocycles. The Labute approximate surface area is 263 Å². The third-order valence-corrected chi connectivity index (χ3v) is 7.83. The third kappa shape index (κ3) is 8.88. The molecule has 2 unspecified atom stereocenters. The van der Waals surface area contributed by atoms with E-state index in [1.165, 1.54) is 12.1 Å². The van der Waals surface area contributed by atoms with Crippen LogP contribution in [0.25, 0.3) is 11.1 Å². The normalized spacial score (nSPS) is 14.6. The van der Waals surface area contributed by atoms with E-state index in [4.69, 9.17) is 19.9 Å². The van der Waals surface area contributed by atoms with Crippen LogP contribution in [0.5, 0.6) is 23.0 Å². The van der Waals surface area contributed by atoms with Crippen molar-refractivity contribution in [2.75, 3.05) is 19.8 Å². The summed E-state index contributed by atoms with van der Waals surface area (Å²) < 4.78 is 31.8. The van der Waals surface area contributed by atoms with Gasteiger partial charge in [0.2, 0.25) is 0 Å². The molecule has 1 aliphatic rings. The monoisotopic (exact) mass is 622 g/mol. The Hall–Kier alpha value is -4.31. The standard InChI is InChI=1S/C35H43FN2O7/c1-3-6-27-30(13-9-24-10-14-31(45-34(24)27)35(42)38-26(15-16-37)20-33(40)41)43-17-5-18-44-32-21-29(39)28(19-22(32)4-2)23-7-11-25(36)12-8-23/h7-9,11-13,19,21,26,31,39H,3-6,10,14-18,20,37H2,1-2H3,(H,38,42)(H,40,41). The molecule has 0 saturated carbocycles. The Kier molecular flexibility index (Phi) is 12.0. The minimum Gasteiger partial charge on any atom is -0.507 e. The van der Waals surface area contributed by atoms with Crippen molar-refractivity contribution < 1.29 is 38.4 Å². The fourth-order valence-electron chi connectivity index (χ4n) is 5.54. The second kappa shape index (κ2) is 16.1. The summed E-state index contributed by atoms with van der Waals surface area (Å²) in [4.78, 5) is 24.2. The molecular weight excluding hydrogens is 579 g/mol. The van der Waals surface area contributed by atoms with E-state index in [2.05, 4.69) is 12.2 Å². The number of phenols is 1. The topological polar surface area (TPSA) is 140 Å². The van der Waals surface area contributed by atoms with Gasteiger partial charge in [0, 0.05) is 29.7 Å². The van der Waals surface area contributed by atoms with E-state index >= 15 is 0 Å². The van der Waals surface area contributed by atoms with E-state index in [0.717, 1.165) is 28.7 Å². The maximum Gasteiger partial charge on any atom is 0.305 e. The number of hydrogen-bond donors (Lipinski definition) is 4. The van der Waals surface area contributed by atoms with Crippen molar-refractivity contribution >= 4 is 11.9 Å². The number of carboxylic acid groups (broad SMARTS) is 1. The van der Waals surface area contributed by atoms with Gasteiger partial charge in [-0.15, -0.1) is 0 Å². The van der Waals surface area contributed by atoms with Crippen molar-refractivity contribution in [3.05, 3.63) is 71.0 Å². The highest BCUT2D eigenvalue weighted by atomic mass is 19.1. The molecule has 0 radical (unpaired) electrons. The van der Waals surface area contributed by atoms with Crippen LogP contribution in [0.15, 0.2) is 48.5 Å². The molecule has 9 nitrogen and oxygen atoms in total. The maximum absolute atomic E-state index is 13.4. The summed E-state index contributed by atoms with van der Waals surface area (Å²) in [6.45, 7) is 5.10. The van der Waals surface area contributed by atoms with E-state index < -0.39 is 18.1 Å². The van der Waals surface area contributed by atoms with Gasteiger partial charge < -0.3 is 35.5 Å². The predicted octanol–water partition coefficient (Wildman–Crippen LogP) is 5.56. The van der Waals surface area contributed by atoms with Gasteiger partial charge in [-0.1, -0.05) is 38.5 Å². The smallest absolute Gasteiger partial charge is 0.305 e. The molecule has 0 aromatic heterocycles. The summed E-state index contributed by atoms with van der Waals surface area (Å²) in [5.74, 6) is 0.343. The van der Waals surface area contributed by atoms with Gasteiger partial charge in [-0.05, 0) is 79.6 Å². The number of hydrogen-bond acceptors (Lipinski definition) is 7. The fraction of sp³-hybridized carbons (Fsp3) is 0.429. The summed E-state index contributed by atoms with van der Waals surface area (Å²) in [5, 5.41) is 22.6. The SMILES string of the molecule is CCCc1c(OCCCOc2cc(O)c(-c3ccc(F)cc3)cc2CC)ccc2c1OC(C(=O)NC(CCN)CC(=O)O)CC2. The molecule has 1 aliphatic heterocycles. The van der Waals surface area contributed by atoms with Gasteiger partial charge in [0.25, 0.3) is 5.91 Å². The number of rotatable bonds is 16. The zero-order valence-electron chi connectivity index (χ0n) is 25.9. The van der Waals surface area contributed by atoms with Crippen molar-refractivity contribution in [1.29, 1.82) is 0 Å². The van der Waals surface area contributed by atoms with Crippen molar-refractivity contribution in [2.45, 2.75) is 77.4 Å². The molecule has 0 spiro atoms. The lowest BCUT2D eigenvalue weighted by molar-refractivity contribution is -0.138. The van der Waals surface area contributed by atoms with E-state index in [1.807, 2.05) is 25.1 Å². The van der Waals surface area contributed by atoms with Crippen LogP contribution in [0, 0.1) is 5.82 Å². The number of nitrogens with two attached hydrogens (primary N) is 1. The van der Waals surface area contributed by atoms with Crippen LogP contribution in [-0.4, -0.2) is 54.0 Å². The Morgan fingerprint density at radius 2 is 1.82 bits per heavy atom. The van der Waals surface area contributed by atoms with Crippen LogP contribution in [0.4, 0.5) is 4.39 Å². The lowest BCUT2D eigenvalue weighted by Crippen LogP contribution is -2.46. The molecule has 242 valence electrons. The average molecular weight is 623 g/mol. The molecule has 10 heteroatoms. The first-order chi connectivity index (χ1) is 21.7. The summed E-state index contributed by atoms with van der Waals surface area (Å²) in [5.41, 5.74) is 9.81. The number of carbonyl (C=O) groups excluding carboxylic acids is 1. The summed E-state index contributed by atoms with van der Waals surface area (Å²) in [7, 11) is 0. The van der Waals surface area contributed by atoms with Gasteiger partial charge in [0.1, 0.15) is 28.8 Å². The third-order valence-electron chi connectivity index (χ3n) is 7.83. The van der Waals surface area contributed by atoms with Gasteiger partial charge >= 0.3 is 5.97 Å². The van der Waals surface area contributed by atoms with Crippen LogP contribution in [-0.2, 0) is 28.9 Å². The number of aryl methyl sites for hydroxylation is 2. The Balaban J connectivity index is 1.37. The first kappa shape index (κ1) is 33.6. The number of benzene rings is 3. The highest BCUT2D eigenvalue weighted by molar-refractivity contribution is 5.82. The maximum atomic E-state index is 13.4. The minimum atomic E-state index is -0.996. The van der Waals surface area contributed by atoms with Crippen molar-refractivity contribution in [3.63, 3.8) is 0 Å². The van der Waals surface area contributed by atoms with Crippen molar-refractivity contribution in [3.8, 4) is 34.1 Å². The number of halogens is 1.